The molecule has 19 heavy (non-hydrogen) atoms. The van der Waals surface area contributed by atoms with Crippen molar-refractivity contribution in [3.8, 4) is 0 Å². The van der Waals surface area contributed by atoms with Crippen molar-refractivity contribution in [3.05, 3.63) is 51.3 Å². The molecular formula is C11H12ClN5O2. The fourth-order valence-electron chi connectivity index (χ4n) is 1.58. The Hall–Kier alpha value is -1.99. The second-order valence-corrected chi connectivity index (χ2v) is 4.28. The summed E-state index contributed by atoms with van der Waals surface area (Å²) in [6.07, 6.45) is 3.37. The van der Waals surface area contributed by atoms with E-state index in [2.05, 4.69) is 15.6 Å². The third-order valence-electron chi connectivity index (χ3n) is 2.55. The summed E-state index contributed by atoms with van der Waals surface area (Å²) in [7, 11) is 0. The van der Waals surface area contributed by atoms with E-state index >= 15 is 0 Å². The number of nitro groups is 1. The van der Waals surface area contributed by atoms with Crippen LogP contribution in [-0.2, 0) is 13.1 Å². The van der Waals surface area contributed by atoms with Crippen molar-refractivity contribution in [2.45, 2.75) is 13.1 Å². The smallest absolute Gasteiger partial charge is 0.269 e. The van der Waals surface area contributed by atoms with Crippen LogP contribution in [0.15, 0.2) is 30.6 Å². The molecule has 0 aliphatic rings. The summed E-state index contributed by atoms with van der Waals surface area (Å²) in [6.45, 7) is 1.81. The molecule has 0 fully saturated rings. The van der Waals surface area contributed by atoms with E-state index < -0.39 is 4.92 Å². The van der Waals surface area contributed by atoms with Crippen LogP contribution in [0.1, 0.15) is 5.56 Å². The van der Waals surface area contributed by atoms with Crippen LogP contribution in [0.4, 0.5) is 5.69 Å². The lowest BCUT2D eigenvalue weighted by Crippen LogP contribution is -2.20. The van der Waals surface area contributed by atoms with Gasteiger partial charge in [0.05, 0.1) is 17.7 Å². The third kappa shape index (κ3) is 3.73. The monoisotopic (exact) mass is 281 g/mol. The quantitative estimate of drug-likeness (QED) is 0.494. The first kappa shape index (κ1) is 13.4. The third-order valence-corrected chi connectivity index (χ3v) is 2.91. The maximum absolute atomic E-state index is 10.7. The minimum atomic E-state index is -0.435. The predicted molar refractivity (Wildman–Crippen MR) is 69.8 cm³/mol. The Bertz CT molecular complexity index is 558. The van der Waals surface area contributed by atoms with E-state index in [-0.39, 0.29) is 5.69 Å². The van der Waals surface area contributed by atoms with Crippen molar-refractivity contribution in [2.24, 2.45) is 0 Å². The Labute approximate surface area is 114 Å². The van der Waals surface area contributed by atoms with Crippen LogP contribution in [0.25, 0.3) is 0 Å². The molecule has 1 N–H and O–H groups in total. The molecule has 1 aromatic heterocycles. The van der Waals surface area contributed by atoms with Crippen LogP contribution in [0.2, 0.25) is 5.02 Å². The number of nitrogens with zero attached hydrogens (tertiary/aromatic N) is 4. The molecule has 0 spiro atoms. The first-order chi connectivity index (χ1) is 9.16. The van der Waals surface area contributed by atoms with Crippen LogP contribution >= 0.6 is 11.6 Å². The fourth-order valence-corrected chi connectivity index (χ4v) is 1.76. The number of hydrogen-bond acceptors (Lipinski definition) is 5. The molecule has 2 aromatic rings. The first-order valence-electron chi connectivity index (χ1n) is 5.64. The number of hydrogen-bond donors (Lipinski definition) is 1. The highest BCUT2D eigenvalue weighted by Gasteiger charge is 2.09. The van der Waals surface area contributed by atoms with Gasteiger partial charge in [0.15, 0.2) is 0 Å². The van der Waals surface area contributed by atoms with Gasteiger partial charge in [0.2, 0.25) is 0 Å². The lowest BCUT2D eigenvalue weighted by atomic mass is 10.2. The maximum Gasteiger partial charge on any atom is 0.269 e. The highest BCUT2D eigenvalue weighted by molar-refractivity contribution is 6.31. The Morgan fingerprint density at radius 2 is 2.32 bits per heavy atom. The minimum Gasteiger partial charge on any atom is -0.311 e. The number of nitro benzene ring substituents is 1. The summed E-state index contributed by atoms with van der Waals surface area (Å²) in [5, 5.41) is 21.9. The predicted octanol–water partition coefficient (Wildman–Crippen LogP) is 1.63. The van der Waals surface area contributed by atoms with E-state index in [0.717, 1.165) is 0 Å². The van der Waals surface area contributed by atoms with Crippen molar-refractivity contribution in [3.63, 3.8) is 0 Å². The van der Waals surface area contributed by atoms with Crippen molar-refractivity contribution in [1.82, 2.24) is 20.3 Å². The van der Waals surface area contributed by atoms with Crippen LogP contribution in [0.5, 0.6) is 0 Å². The van der Waals surface area contributed by atoms with Crippen LogP contribution < -0.4 is 5.32 Å². The van der Waals surface area contributed by atoms with Gasteiger partial charge in [-0.3, -0.25) is 14.8 Å². The number of rotatable bonds is 6. The van der Waals surface area contributed by atoms with Gasteiger partial charge in [0.1, 0.15) is 0 Å². The molecule has 1 heterocycles. The Morgan fingerprint density at radius 3 is 3.00 bits per heavy atom. The van der Waals surface area contributed by atoms with Gasteiger partial charge in [-0.05, 0) is 11.6 Å². The lowest BCUT2D eigenvalue weighted by Gasteiger charge is -2.06. The molecule has 0 atom stereocenters. The van der Waals surface area contributed by atoms with Gasteiger partial charge in [0.25, 0.3) is 5.69 Å². The number of nitrogens with one attached hydrogen (secondary N) is 1. The second-order valence-electron chi connectivity index (χ2n) is 3.88. The SMILES string of the molecule is O=[N+]([O-])c1ccc(Cl)c(CNCCn2ccnn2)c1. The molecule has 1 aromatic carbocycles. The van der Waals surface area contributed by atoms with Gasteiger partial charge in [-0.25, -0.2) is 0 Å². The summed E-state index contributed by atoms with van der Waals surface area (Å²) in [4.78, 5) is 10.2. The number of halogens is 1. The fraction of sp³-hybridized carbons (Fsp3) is 0.273. The largest absolute Gasteiger partial charge is 0.311 e. The molecule has 8 heteroatoms. The number of aromatic nitrogens is 3. The first-order valence-corrected chi connectivity index (χ1v) is 6.02. The molecule has 2 rings (SSSR count). The van der Waals surface area contributed by atoms with Gasteiger partial charge in [-0.1, -0.05) is 16.8 Å². The Morgan fingerprint density at radius 1 is 1.47 bits per heavy atom. The zero-order chi connectivity index (χ0) is 13.7. The van der Waals surface area contributed by atoms with Gasteiger partial charge in [-0.15, -0.1) is 5.10 Å². The average Bonchev–Trinajstić information content (AvgIpc) is 2.89. The standard InChI is InChI=1S/C11H12ClN5O2/c12-11-2-1-10(17(18)19)7-9(11)8-13-3-5-16-6-4-14-15-16/h1-2,4,6-7,13H,3,5,8H2. The summed E-state index contributed by atoms with van der Waals surface area (Å²) < 4.78 is 1.70. The zero-order valence-electron chi connectivity index (χ0n) is 9.99. The van der Waals surface area contributed by atoms with Crippen molar-refractivity contribution in [2.75, 3.05) is 6.54 Å². The van der Waals surface area contributed by atoms with Crippen LogP contribution in [-0.4, -0.2) is 26.5 Å². The van der Waals surface area contributed by atoms with E-state index in [1.807, 2.05) is 0 Å². The molecule has 0 saturated heterocycles. The van der Waals surface area contributed by atoms with Crippen LogP contribution in [0.3, 0.4) is 0 Å². The van der Waals surface area contributed by atoms with Crippen molar-refractivity contribution >= 4 is 17.3 Å². The number of non-ortho nitro benzene ring substituents is 1. The molecule has 100 valence electrons. The topological polar surface area (TPSA) is 85.9 Å². The van der Waals surface area contributed by atoms with E-state index in [1.54, 1.807) is 17.1 Å². The zero-order valence-corrected chi connectivity index (χ0v) is 10.7. The van der Waals surface area contributed by atoms with E-state index in [4.69, 9.17) is 11.6 Å². The van der Waals surface area contributed by atoms with Gasteiger partial charge < -0.3 is 5.32 Å². The second kappa shape index (κ2) is 6.26. The van der Waals surface area contributed by atoms with Crippen molar-refractivity contribution < 1.29 is 4.92 Å². The highest BCUT2D eigenvalue weighted by Crippen LogP contribution is 2.21. The summed E-state index contributed by atoms with van der Waals surface area (Å²) in [5.74, 6) is 0. The maximum atomic E-state index is 10.7. The molecule has 0 unspecified atom stereocenters. The summed E-state index contributed by atoms with van der Waals surface area (Å²) >= 11 is 5.99. The molecule has 0 bridgehead atoms. The highest BCUT2D eigenvalue weighted by atomic mass is 35.5. The summed E-state index contributed by atoms with van der Waals surface area (Å²) in [5.41, 5.74) is 0.743. The molecule has 0 aliphatic heterocycles. The molecule has 0 aliphatic carbocycles. The number of benzene rings is 1. The average molecular weight is 282 g/mol. The summed E-state index contributed by atoms with van der Waals surface area (Å²) in [6, 6.07) is 4.40. The Kier molecular flexibility index (Phi) is 4.43. The van der Waals surface area contributed by atoms with Gasteiger partial charge in [0, 0.05) is 36.4 Å². The Balaban J connectivity index is 1.88. The minimum absolute atomic E-state index is 0.0393. The molecule has 0 saturated carbocycles. The van der Waals surface area contributed by atoms with Crippen LogP contribution in [0, 0.1) is 10.1 Å². The molecule has 0 amide bonds. The van der Waals surface area contributed by atoms with Gasteiger partial charge >= 0.3 is 0 Å². The molecular weight excluding hydrogens is 270 g/mol. The van der Waals surface area contributed by atoms with E-state index in [1.165, 1.54) is 18.2 Å². The van der Waals surface area contributed by atoms with Crippen molar-refractivity contribution in [1.29, 1.82) is 0 Å². The molecule has 7 nitrogen and oxygen atoms in total. The molecule has 0 radical (unpaired) electrons. The normalized spacial score (nSPS) is 10.6. The van der Waals surface area contributed by atoms with E-state index in [0.29, 0.717) is 30.2 Å². The lowest BCUT2D eigenvalue weighted by molar-refractivity contribution is -0.384. The van der Waals surface area contributed by atoms with E-state index in [9.17, 15) is 10.1 Å². The van der Waals surface area contributed by atoms with Gasteiger partial charge in [-0.2, -0.15) is 0 Å².